The van der Waals surface area contributed by atoms with Gasteiger partial charge in [-0.1, -0.05) is 13.0 Å². The lowest BCUT2D eigenvalue weighted by Crippen LogP contribution is -2.33. The van der Waals surface area contributed by atoms with E-state index in [0.29, 0.717) is 25.4 Å². The Morgan fingerprint density at radius 1 is 1.42 bits per heavy atom. The zero-order valence-corrected chi connectivity index (χ0v) is 11.6. The summed E-state index contributed by atoms with van der Waals surface area (Å²) in [6.45, 7) is 3.79. The summed E-state index contributed by atoms with van der Waals surface area (Å²) in [6.07, 6.45) is 1.61. The molecule has 0 spiro atoms. The van der Waals surface area contributed by atoms with Crippen LogP contribution in [0.2, 0.25) is 0 Å². The monoisotopic (exact) mass is 266 g/mol. The number of amides is 1. The van der Waals surface area contributed by atoms with Crippen molar-refractivity contribution in [2.24, 2.45) is 5.73 Å². The van der Waals surface area contributed by atoms with E-state index in [4.69, 9.17) is 10.5 Å². The van der Waals surface area contributed by atoms with Crippen molar-refractivity contribution in [3.05, 3.63) is 23.8 Å². The van der Waals surface area contributed by atoms with E-state index >= 15 is 0 Å². The highest BCUT2D eigenvalue weighted by atomic mass is 16.5. The molecule has 0 heterocycles. The van der Waals surface area contributed by atoms with Crippen molar-refractivity contribution in [3.8, 4) is 11.5 Å². The molecule has 5 nitrogen and oxygen atoms in total. The first-order valence-corrected chi connectivity index (χ1v) is 6.51. The lowest BCUT2D eigenvalue weighted by atomic mass is 10.1. The first-order chi connectivity index (χ1) is 9.15. The highest BCUT2D eigenvalue weighted by molar-refractivity contribution is 5.97. The maximum Gasteiger partial charge on any atom is 0.257 e. The van der Waals surface area contributed by atoms with Crippen molar-refractivity contribution in [3.63, 3.8) is 0 Å². The van der Waals surface area contributed by atoms with Crippen molar-refractivity contribution < 1.29 is 14.6 Å². The average Bonchev–Trinajstić information content (AvgIpc) is 2.43. The van der Waals surface area contributed by atoms with Gasteiger partial charge in [0, 0.05) is 13.1 Å². The second-order valence-electron chi connectivity index (χ2n) is 4.29. The van der Waals surface area contributed by atoms with Crippen LogP contribution in [0.4, 0.5) is 0 Å². The number of aromatic hydroxyl groups is 1. The highest BCUT2D eigenvalue weighted by Gasteiger charge is 2.20. The molecule has 0 unspecified atom stereocenters. The van der Waals surface area contributed by atoms with Crippen LogP contribution in [0.15, 0.2) is 18.2 Å². The van der Waals surface area contributed by atoms with Crippen molar-refractivity contribution in [1.29, 1.82) is 0 Å². The minimum absolute atomic E-state index is 0.108. The van der Waals surface area contributed by atoms with Gasteiger partial charge in [0.1, 0.15) is 0 Å². The van der Waals surface area contributed by atoms with E-state index in [0.717, 1.165) is 12.8 Å². The Bertz CT molecular complexity index is 421. The molecular weight excluding hydrogens is 244 g/mol. The van der Waals surface area contributed by atoms with Crippen LogP contribution in [0.3, 0.4) is 0 Å². The van der Waals surface area contributed by atoms with E-state index in [1.165, 1.54) is 7.11 Å². The molecule has 1 rings (SSSR count). The van der Waals surface area contributed by atoms with E-state index in [1.807, 2.05) is 6.92 Å². The molecule has 5 heteroatoms. The maximum absolute atomic E-state index is 12.4. The minimum Gasteiger partial charge on any atom is -0.504 e. The summed E-state index contributed by atoms with van der Waals surface area (Å²) < 4.78 is 5.02. The van der Waals surface area contributed by atoms with Crippen LogP contribution in [0.1, 0.15) is 30.1 Å². The summed E-state index contributed by atoms with van der Waals surface area (Å²) in [5.74, 6) is 0.0108. The Labute approximate surface area is 114 Å². The van der Waals surface area contributed by atoms with Gasteiger partial charge < -0.3 is 20.5 Å². The molecule has 0 saturated carbocycles. The molecular formula is C14H22N2O3. The summed E-state index contributed by atoms with van der Waals surface area (Å²) in [5.41, 5.74) is 5.75. The third-order valence-electron chi connectivity index (χ3n) is 2.86. The molecule has 1 aromatic rings. The van der Waals surface area contributed by atoms with E-state index in [9.17, 15) is 9.90 Å². The molecule has 0 aliphatic heterocycles. The minimum atomic E-state index is -0.188. The molecule has 106 valence electrons. The van der Waals surface area contributed by atoms with E-state index in [1.54, 1.807) is 23.1 Å². The smallest absolute Gasteiger partial charge is 0.257 e. The van der Waals surface area contributed by atoms with E-state index in [-0.39, 0.29) is 17.2 Å². The third kappa shape index (κ3) is 3.86. The number of rotatable bonds is 7. The number of ether oxygens (including phenoxy) is 1. The number of methoxy groups -OCH3 is 1. The van der Waals surface area contributed by atoms with Gasteiger partial charge in [0.2, 0.25) is 0 Å². The Hall–Kier alpha value is -1.75. The first kappa shape index (κ1) is 15.3. The highest BCUT2D eigenvalue weighted by Crippen LogP contribution is 2.30. The van der Waals surface area contributed by atoms with Crippen LogP contribution in [0.25, 0.3) is 0 Å². The summed E-state index contributed by atoms with van der Waals surface area (Å²) in [7, 11) is 1.46. The zero-order valence-electron chi connectivity index (χ0n) is 11.6. The second-order valence-corrected chi connectivity index (χ2v) is 4.29. The van der Waals surface area contributed by atoms with E-state index in [2.05, 4.69) is 0 Å². The van der Waals surface area contributed by atoms with Crippen LogP contribution in [-0.2, 0) is 0 Å². The van der Waals surface area contributed by atoms with Gasteiger partial charge >= 0.3 is 0 Å². The predicted octanol–water partition coefficient (Wildman–Crippen LogP) is 1.60. The van der Waals surface area contributed by atoms with Crippen LogP contribution >= 0.6 is 0 Å². The molecule has 0 radical (unpaired) electrons. The number of hydrogen-bond donors (Lipinski definition) is 2. The fourth-order valence-electron chi connectivity index (χ4n) is 1.90. The van der Waals surface area contributed by atoms with Crippen molar-refractivity contribution in [2.75, 3.05) is 26.7 Å². The Morgan fingerprint density at radius 2 is 2.16 bits per heavy atom. The van der Waals surface area contributed by atoms with Gasteiger partial charge in [-0.05, 0) is 31.5 Å². The van der Waals surface area contributed by atoms with Crippen LogP contribution in [-0.4, -0.2) is 42.7 Å². The largest absolute Gasteiger partial charge is 0.504 e. The summed E-state index contributed by atoms with van der Waals surface area (Å²) in [4.78, 5) is 14.1. The fraction of sp³-hybridized carbons (Fsp3) is 0.500. The van der Waals surface area contributed by atoms with Crippen molar-refractivity contribution >= 4 is 5.91 Å². The van der Waals surface area contributed by atoms with Crippen LogP contribution in [0.5, 0.6) is 11.5 Å². The molecule has 1 aromatic carbocycles. The van der Waals surface area contributed by atoms with Gasteiger partial charge in [0.05, 0.1) is 12.7 Å². The van der Waals surface area contributed by atoms with Gasteiger partial charge in [0.15, 0.2) is 11.5 Å². The van der Waals surface area contributed by atoms with Gasteiger partial charge in [-0.25, -0.2) is 0 Å². The number of nitrogens with zero attached hydrogens (tertiary/aromatic N) is 1. The number of nitrogens with two attached hydrogens (primary N) is 1. The van der Waals surface area contributed by atoms with Crippen molar-refractivity contribution in [1.82, 2.24) is 4.90 Å². The fourth-order valence-corrected chi connectivity index (χ4v) is 1.90. The van der Waals surface area contributed by atoms with E-state index < -0.39 is 0 Å². The quantitative estimate of drug-likeness (QED) is 0.786. The number of hydrogen-bond acceptors (Lipinski definition) is 4. The Morgan fingerprint density at radius 3 is 2.74 bits per heavy atom. The van der Waals surface area contributed by atoms with Gasteiger partial charge in [-0.15, -0.1) is 0 Å². The Kier molecular flexibility index (Phi) is 6.15. The summed E-state index contributed by atoms with van der Waals surface area (Å²) >= 11 is 0. The standard InChI is InChI=1S/C14H22N2O3/c1-3-9-16(10-5-8-15)14(18)11-6-4-7-12(19-2)13(11)17/h4,6-7,17H,3,5,8-10,15H2,1-2H3. The predicted molar refractivity (Wildman–Crippen MR) is 74.5 cm³/mol. The summed E-state index contributed by atoms with van der Waals surface area (Å²) in [5, 5.41) is 10.0. The molecule has 0 aromatic heterocycles. The molecule has 0 aliphatic rings. The topological polar surface area (TPSA) is 75.8 Å². The molecule has 0 bridgehead atoms. The number of carbonyl (C=O) groups is 1. The van der Waals surface area contributed by atoms with Gasteiger partial charge in [-0.2, -0.15) is 0 Å². The normalized spacial score (nSPS) is 10.3. The SMILES string of the molecule is CCCN(CCCN)C(=O)c1cccc(OC)c1O. The molecule has 0 fully saturated rings. The molecule has 0 atom stereocenters. The lowest BCUT2D eigenvalue weighted by Gasteiger charge is -2.22. The second kappa shape index (κ2) is 7.63. The lowest BCUT2D eigenvalue weighted by molar-refractivity contribution is 0.0751. The molecule has 0 aliphatic carbocycles. The Balaban J connectivity index is 2.95. The number of phenolic OH excluding ortho intramolecular Hbond substituents is 1. The summed E-state index contributed by atoms with van der Waals surface area (Å²) in [6, 6.07) is 4.92. The maximum atomic E-state index is 12.4. The first-order valence-electron chi connectivity index (χ1n) is 6.51. The number of para-hydroxylation sites is 1. The number of benzene rings is 1. The number of phenols is 1. The molecule has 1 amide bonds. The molecule has 3 N–H and O–H groups in total. The van der Waals surface area contributed by atoms with Gasteiger partial charge in [-0.3, -0.25) is 4.79 Å². The molecule has 0 saturated heterocycles. The van der Waals surface area contributed by atoms with Crippen molar-refractivity contribution in [2.45, 2.75) is 19.8 Å². The number of carbonyl (C=O) groups excluding carboxylic acids is 1. The third-order valence-corrected chi connectivity index (χ3v) is 2.86. The van der Waals surface area contributed by atoms with Crippen LogP contribution in [0, 0.1) is 0 Å². The zero-order chi connectivity index (χ0) is 14.3. The molecule has 19 heavy (non-hydrogen) atoms. The van der Waals surface area contributed by atoms with Crippen LogP contribution < -0.4 is 10.5 Å². The van der Waals surface area contributed by atoms with Gasteiger partial charge in [0.25, 0.3) is 5.91 Å². The average molecular weight is 266 g/mol.